The summed E-state index contributed by atoms with van der Waals surface area (Å²) in [6.07, 6.45) is 1.91. The first-order chi connectivity index (χ1) is 12.6. The van der Waals surface area contributed by atoms with Crippen molar-refractivity contribution in [2.75, 3.05) is 14.2 Å². The molecule has 0 spiro atoms. The van der Waals surface area contributed by atoms with E-state index < -0.39 is 0 Å². The summed E-state index contributed by atoms with van der Waals surface area (Å²) in [7, 11) is 3.33. The number of rotatable bonds is 3. The van der Waals surface area contributed by atoms with E-state index in [2.05, 4.69) is 6.07 Å². The minimum Gasteiger partial charge on any atom is -0.497 e. The number of carbonyl (C=O) groups excluding carboxylic acids is 1. The maximum Gasteiger partial charge on any atom is 0.240 e. The SMILES string of the molecule is COc1ccc([C@@H]2[C@@H]3CCc4cccc(OC)c4C3=NN2C(C)=O)cc1. The molecule has 1 amide bonds. The van der Waals surface area contributed by atoms with Crippen molar-refractivity contribution in [3.05, 3.63) is 59.2 Å². The molecule has 5 heteroatoms. The van der Waals surface area contributed by atoms with Gasteiger partial charge in [-0.15, -0.1) is 0 Å². The third-order valence-corrected chi connectivity index (χ3v) is 5.30. The van der Waals surface area contributed by atoms with Crippen molar-refractivity contribution in [1.82, 2.24) is 5.01 Å². The zero-order valence-electron chi connectivity index (χ0n) is 15.2. The molecule has 0 N–H and O–H groups in total. The average Bonchev–Trinajstić information content (AvgIpc) is 3.07. The van der Waals surface area contributed by atoms with E-state index in [0.717, 1.165) is 41.2 Å². The molecule has 0 saturated heterocycles. The van der Waals surface area contributed by atoms with Crippen LogP contribution in [-0.4, -0.2) is 30.8 Å². The van der Waals surface area contributed by atoms with Crippen LogP contribution in [0.15, 0.2) is 47.6 Å². The van der Waals surface area contributed by atoms with Gasteiger partial charge >= 0.3 is 0 Å². The minimum absolute atomic E-state index is 0.0517. The lowest BCUT2D eigenvalue weighted by molar-refractivity contribution is -0.131. The molecule has 0 fully saturated rings. The van der Waals surface area contributed by atoms with E-state index in [9.17, 15) is 4.79 Å². The summed E-state index contributed by atoms with van der Waals surface area (Å²) in [5.41, 5.74) is 4.31. The Bertz CT molecular complexity index is 859. The molecule has 26 heavy (non-hydrogen) atoms. The second-order valence-electron chi connectivity index (χ2n) is 6.71. The fraction of sp³-hybridized carbons (Fsp3) is 0.333. The zero-order valence-corrected chi connectivity index (χ0v) is 15.2. The number of ether oxygens (including phenoxy) is 2. The van der Waals surface area contributed by atoms with Gasteiger partial charge in [0, 0.05) is 18.4 Å². The van der Waals surface area contributed by atoms with Gasteiger partial charge in [-0.3, -0.25) is 4.79 Å². The Morgan fingerprint density at radius 2 is 1.88 bits per heavy atom. The van der Waals surface area contributed by atoms with E-state index >= 15 is 0 Å². The van der Waals surface area contributed by atoms with Crippen molar-refractivity contribution in [2.45, 2.75) is 25.8 Å². The monoisotopic (exact) mass is 350 g/mol. The highest BCUT2D eigenvalue weighted by Gasteiger charge is 2.43. The van der Waals surface area contributed by atoms with Gasteiger partial charge in [-0.05, 0) is 42.2 Å². The largest absolute Gasteiger partial charge is 0.497 e. The Morgan fingerprint density at radius 1 is 1.12 bits per heavy atom. The van der Waals surface area contributed by atoms with E-state index in [-0.39, 0.29) is 17.9 Å². The number of hydrogen-bond donors (Lipinski definition) is 0. The standard InChI is InChI=1S/C21H22N2O3/c1-13(24)23-21(15-7-10-16(25-2)11-8-15)17-12-9-14-5-4-6-18(26-3)19(14)20(17)22-23/h4-8,10-11,17,21H,9,12H2,1-3H3/t17-,21-/m1/s1. The highest BCUT2D eigenvalue weighted by molar-refractivity contribution is 6.08. The summed E-state index contributed by atoms with van der Waals surface area (Å²) in [5.74, 6) is 1.74. The van der Waals surface area contributed by atoms with Gasteiger partial charge in [0.1, 0.15) is 11.5 Å². The number of carbonyl (C=O) groups is 1. The molecule has 2 aliphatic rings. The number of nitrogens with zero attached hydrogens (tertiary/aromatic N) is 2. The molecular weight excluding hydrogens is 328 g/mol. The molecule has 134 valence electrons. The predicted molar refractivity (Wildman–Crippen MR) is 99.6 cm³/mol. The van der Waals surface area contributed by atoms with Gasteiger partial charge in [-0.1, -0.05) is 24.3 Å². The van der Waals surface area contributed by atoms with Gasteiger partial charge in [0.2, 0.25) is 5.91 Å². The van der Waals surface area contributed by atoms with E-state index in [1.807, 2.05) is 36.4 Å². The molecule has 0 bridgehead atoms. The Morgan fingerprint density at radius 3 is 2.54 bits per heavy atom. The van der Waals surface area contributed by atoms with Gasteiger partial charge in [-0.25, -0.2) is 5.01 Å². The first-order valence-electron chi connectivity index (χ1n) is 8.82. The van der Waals surface area contributed by atoms with Crippen LogP contribution in [0.3, 0.4) is 0 Å². The Balaban J connectivity index is 1.80. The number of aryl methyl sites for hydroxylation is 1. The maximum absolute atomic E-state index is 12.3. The highest BCUT2D eigenvalue weighted by Crippen LogP contribution is 2.45. The van der Waals surface area contributed by atoms with Gasteiger partial charge in [0.05, 0.1) is 26.0 Å². The summed E-state index contributed by atoms with van der Waals surface area (Å²) in [6.45, 7) is 1.57. The molecular formula is C21H22N2O3. The van der Waals surface area contributed by atoms with Crippen LogP contribution < -0.4 is 9.47 Å². The molecule has 4 rings (SSSR count). The van der Waals surface area contributed by atoms with Crippen molar-refractivity contribution in [3.8, 4) is 11.5 Å². The van der Waals surface area contributed by atoms with Crippen molar-refractivity contribution in [3.63, 3.8) is 0 Å². The minimum atomic E-state index is -0.0912. The summed E-state index contributed by atoms with van der Waals surface area (Å²) in [5, 5.41) is 6.38. The van der Waals surface area contributed by atoms with Crippen LogP contribution in [0.25, 0.3) is 0 Å². The Labute approximate surface area is 153 Å². The quantitative estimate of drug-likeness (QED) is 0.850. The van der Waals surface area contributed by atoms with Gasteiger partial charge in [0.15, 0.2) is 0 Å². The Hall–Kier alpha value is -2.82. The molecule has 0 aromatic heterocycles. The summed E-state index contributed by atoms with van der Waals surface area (Å²) in [4.78, 5) is 12.3. The number of methoxy groups -OCH3 is 2. The second-order valence-corrected chi connectivity index (χ2v) is 6.71. The number of amides is 1. The first-order valence-corrected chi connectivity index (χ1v) is 8.82. The smallest absolute Gasteiger partial charge is 0.240 e. The lowest BCUT2D eigenvalue weighted by Gasteiger charge is -2.29. The van der Waals surface area contributed by atoms with Crippen LogP contribution in [-0.2, 0) is 11.2 Å². The third kappa shape index (κ3) is 2.55. The molecule has 5 nitrogen and oxygen atoms in total. The van der Waals surface area contributed by atoms with E-state index in [4.69, 9.17) is 14.6 Å². The number of hydrazone groups is 1. The fourth-order valence-electron chi connectivity index (χ4n) is 4.10. The van der Waals surface area contributed by atoms with E-state index in [0.29, 0.717) is 0 Å². The summed E-state index contributed by atoms with van der Waals surface area (Å²) >= 11 is 0. The molecule has 0 saturated carbocycles. The molecule has 1 heterocycles. The van der Waals surface area contributed by atoms with Crippen LogP contribution in [0.5, 0.6) is 11.5 Å². The number of hydrogen-bond acceptors (Lipinski definition) is 4. The summed E-state index contributed by atoms with van der Waals surface area (Å²) < 4.78 is 10.9. The molecule has 2 aromatic carbocycles. The Kier molecular flexibility index (Phi) is 4.15. The van der Waals surface area contributed by atoms with Crippen LogP contribution >= 0.6 is 0 Å². The van der Waals surface area contributed by atoms with E-state index in [1.165, 1.54) is 5.56 Å². The van der Waals surface area contributed by atoms with Crippen molar-refractivity contribution in [1.29, 1.82) is 0 Å². The van der Waals surface area contributed by atoms with Crippen LogP contribution in [0.2, 0.25) is 0 Å². The van der Waals surface area contributed by atoms with Crippen molar-refractivity contribution in [2.24, 2.45) is 11.0 Å². The summed E-state index contributed by atoms with van der Waals surface area (Å²) in [6, 6.07) is 13.9. The fourth-order valence-corrected chi connectivity index (χ4v) is 4.10. The zero-order chi connectivity index (χ0) is 18.3. The maximum atomic E-state index is 12.3. The van der Waals surface area contributed by atoms with Gasteiger partial charge in [-0.2, -0.15) is 5.10 Å². The lowest BCUT2D eigenvalue weighted by atomic mass is 9.77. The normalized spacial score (nSPS) is 20.9. The average molecular weight is 350 g/mol. The van der Waals surface area contributed by atoms with Crippen molar-refractivity contribution >= 4 is 11.6 Å². The second kappa shape index (κ2) is 6.48. The molecule has 1 aliphatic heterocycles. The van der Waals surface area contributed by atoms with Crippen LogP contribution in [0, 0.1) is 5.92 Å². The molecule has 0 radical (unpaired) electrons. The highest BCUT2D eigenvalue weighted by atomic mass is 16.5. The number of benzene rings is 2. The van der Waals surface area contributed by atoms with Crippen LogP contribution in [0.1, 0.15) is 36.1 Å². The predicted octanol–water partition coefficient (Wildman–Crippen LogP) is 3.57. The third-order valence-electron chi connectivity index (χ3n) is 5.30. The molecule has 2 atom stereocenters. The van der Waals surface area contributed by atoms with Gasteiger partial charge < -0.3 is 9.47 Å². The lowest BCUT2D eigenvalue weighted by Crippen LogP contribution is -2.31. The number of fused-ring (bicyclic) bond motifs is 3. The van der Waals surface area contributed by atoms with Crippen molar-refractivity contribution < 1.29 is 14.3 Å². The molecule has 2 aromatic rings. The first kappa shape index (κ1) is 16.6. The topological polar surface area (TPSA) is 51.1 Å². The van der Waals surface area contributed by atoms with E-state index in [1.54, 1.807) is 26.2 Å². The van der Waals surface area contributed by atoms with Gasteiger partial charge in [0.25, 0.3) is 0 Å². The van der Waals surface area contributed by atoms with Crippen LogP contribution in [0.4, 0.5) is 0 Å². The molecule has 0 unspecified atom stereocenters. The molecule has 1 aliphatic carbocycles.